The van der Waals surface area contributed by atoms with Crippen molar-refractivity contribution in [2.75, 3.05) is 13.1 Å². The first kappa shape index (κ1) is 18.9. The second kappa shape index (κ2) is 9.76. The van der Waals surface area contributed by atoms with E-state index in [0.717, 1.165) is 6.42 Å². The van der Waals surface area contributed by atoms with Crippen LogP contribution >= 0.6 is 0 Å². The number of halogens is 3. The molecule has 1 amide bonds. The highest BCUT2D eigenvalue weighted by Crippen LogP contribution is 2.13. The van der Waals surface area contributed by atoms with Crippen molar-refractivity contribution in [2.24, 2.45) is 5.73 Å². The summed E-state index contributed by atoms with van der Waals surface area (Å²) in [7, 11) is 0. The van der Waals surface area contributed by atoms with Gasteiger partial charge in [-0.05, 0) is 12.0 Å². The fourth-order valence-electron chi connectivity index (χ4n) is 1.21. The molecule has 0 bridgehead atoms. The van der Waals surface area contributed by atoms with Crippen LogP contribution in [0.5, 0.6) is 0 Å². The number of carbonyl (C=O) groups excluding carboxylic acids is 1. The van der Waals surface area contributed by atoms with Gasteiger partial charge in [0.1, 0.15) is 0 Å². The summed E-state index contributed by atoms with van der Waals surface area (Å²) in [5, 5.41) is 9.94. The maximum atomic E-state index is 11.0. The fourth-order valence-corrected chi connectivity index (χ4v) is 1.21. The predicted octanol–water partition coefficient (Wildman–Crippen LogP) is 1.33. The molecule has 1 aromatic rings. The molecule has 0 fully saturated rings. The normalized spacial score (nSPS) is 10.3. The molecule has 21 heavy (non-hydrogen) atoms. The van der Waals surface area contributed by atoms with Gasteiger partial charge in [0, 0.05) is 19.5 Å². The second-order valence-electron chi connectivity index (χ2n) is 3.93. The first-order valence-corrected chi connectivity index (χ1v) is 6.08. The zero-order chi connectivity index (χ0) is 16.3. The van der Waals surface area contributed by atoms with Crippen LogP contribution in [0.4, 0.5) is 13.2 Å². The van der Waals surface area contributed by atoms with Gasteiger partial charge in [0.15, 0.2) is 0 Å². The minimum atomic E-state index is -5.08. The number of rotatable bonds is 5. The Morgan fingerprint density at radius 1 is 1.19 bits per heavy atom. The van der Waals surface area contributed by atoms with Crippen LogP contribution in [0.2, 0.25) is 0 Å². The molecule has 0 spiro atoms. The highest BCUT2D eigenvalue weighted by Gasteiger charge is 2.38. The van der Waals surface area contributed by atoms with E-state index < -0.39 is 12.1 Å². The molecular weight excluding hydrogens is 289 g/mol. The van der Waals surface area contributed by atoms with Crippen molar-refractivity contribution in [3.8, 4) is 0 Å². The number of nitrogens with two attached hydrogens (primary N) is 1. The summed E-state index contributed by atoms with van der Waals surface area (Å²) in [5.74, 6) is -2.73. The number of aliphatic carboxylic acids is 1. The molecule has 0 atom stereocenters. The number of carbonyl (C=O) groups is 2. The standard InChI is InChI=1S/C11H16N2O.C2HF3O2/c12-8-6-11(14)13-9-7-10-4-2-1-3-5-10;3-2(4,5)1(6)7/h1-5H,6-9,12H2,(H,13,14);(H,6,7). The number of hydrogen-bond acceptors (Lipinski definition) is 3. The topological polar surface area (TPSA) is 92.4 Å². The molecule has 1 rings (SSSR count). The first-order valence-electron chi connectivity index (χ1n) is 6.08. The van der Waals surface area contributed by atoms with Gasteiger partial charge in [0.25, 0.3) is 0 Å². The summed E-state index contributed by atoms with van der Waals surface area (Å²) < 4.78 is 31.7. The van der Waals surface area contributed by atoms with Gasteiger partial charge in [-0.25, -0.2) is 4.79 Å². The monoisotopic (exact) mass is 306 g/mol. The van der Waals surface area contributed by atoms with Gasteiger partial charge in [-0.1, -0.05) is 30.3 Å². The molecule has 5 nitrogen and oxygen atoms in total. The molecule has 0 unspecified atom stereocenters. The number of hydrogen-bond donors (Lipinski definition) is 3. The Balaban J connectivity index is 0.000000486. The lowest BCUT2D eigenvalue weighted by molar-refractivity contribution is -0.192. The SMILES string of the molecule is NCCC(=O)NCCc1ccccc1.O=C(O)C(F)(F)F. The quantitative estimate of drug-likeness (QED) is 0.765. The number of amides is 1. The van der Waals surface area contributed by atoms with Crippen LogP contribution in [-0.4, -0.2) is 36.2 Å². The summed E-state index contributed by atoms with van der Waals surface area (Å²) >= 11 is 0. The third-order valence-electron chi connectivity index (χ3n) is 2.19. The van der Waals surface area contributed by atoms with Crippen molar-refractivity contribution >= 4 is 11.9 Å². The molecule has 0 aromatic heterocycles. The van der Waals surface area contributed by atoms with Crippen molar-refractivity contribution in [2.45, 2.75) is 19.0 Å². The van der Waals surface area contributed by atoms with E-state index in [1.54, 1.807) is 0 Å². The van der Waals surface area contributed by atoms with Gasteiger partial charge >= 0.3 is 12.1 Å². The summed E-state index contributed by atoms with van der Waals surface area (Å²) in [6.45, 7) is 1.10. The molecule has 118 valence electrons. The number of carboxylic acids is 1. The average Bonchev–Trinajstić information content (AvgIpc) is 2.40. The van der Waals surface area contributed by atoms with Gasteiger partial charge in [-0.2, -0.15) is 13.2 Å². The first-order chi connectivity index (χ1) is 9.77. The summed E-state index contributed by atoms with van der Waals surface area (Å²) in [5.41, 5.74) is 6.49. The van der Waals surface area contributed by atoms with Crippen molar-refractivity contribution in [3.05, 3.63) is 35.9 Å². The largest absolute Gasteiger partial charge is 0.490 e. The molecule has 0 saturated carbocycles. The maximum absolute atomic E-state index is 11.0. The predicted molar refractivity (Wildman–Crippen MR) is 70.5 cm³/mol. The fraction of sp³-hybridized carbons (Fsp3) is 0.385. The molecule has 0 aliphatic rings. The molecular formula is C13H17F3N2O3. The maximum Gasteiger partial charge on any atom is 0.490 e. The van der Waals surface area contributed by atoms with Crippen LogP contribution < -0.4 is 11.1 Å². The molecule has 0 aliphatic heterocycles. The lowest BCUT2D eigenvalue weighted by Gasteiger charge is -2.03. The molecule has 0 heterocycles. The Kier molecular flexibility index (Phi) is 8.79. The third-order valence-corrected chi connectivity index (χ3v) is 2.19. The van der Waals surface area contributed by atoms with Crippen LogP contribution in [-0.2, 0) is 16.0 Å². The average molecular weight is 306 g/mol. The van der Waals surface area contributed by atoms with Crippen molar-refractivity contribution in [1.29, 1.82) is 0 Å². The van der Waals surface area contributed by atoms with E-state index in [0.29, 0.717) is 19.5 Å². The molecule has 0 radical (unpaired) electrons. The van der Waals surface area contributed by atoms with E-state index in [1.165, 1.54) is 5.56 Å². The van der Waals surface area contributed by atoms with Crippen molar-refractivity contribution in [3.63, 3.8) is 0 Å². The Bertz CT molecular complexity index is 436. The zero-order valence-corrected chi connectivity index (χ0v) is 11.2. The van der Waals surface area contributed by atoms with Crippen molar-refractivity contribution in [1.82, 2.24) is 5.32 Å². The lowest BCUT2D eigenvalue weighted by Crippen LogP contribution is -2.27. The van der Waals surface area contributed by atoms with Gasteiger partial charge < -0.3 is 16.2 Å². The van der Waals surface area contributed by atoms with Crippen LogP contribution in [0.25, 0.3) is 0 Å². The smallest absolute Gasteiger partial charge is 0.475 e. The minimum Gasteiger partial charge on any atom is -0.475 e. The van der Waals surface area contributed by atoms with Crippen molar-refractivity contribution < 1.29 is 27.9 Å². The molecule has 0 saturated heterocycles. The van der Waals surface area contributed by atoms with E-state index in [9.17, 15) is 18.0 Å². The van der Waals surface area contributed by atoms with Gasteiger partial charge in [-0.3, -0.25) is 4.79 Å². The summed E-state index contributed by atoms with van der Waals surface area (Å²) in [4.78, 5) is 19.9. The molecule has 4 N–H and O–H groups in total. The minimum absolute atomic E-state index is 0.0310. The van der Waals surface area contributed by atoms with E-state index in [1.807, 2.05) is 18.2 Å². The summed E-state index contributed by atoms with van der Waals surface area (Å²) in [6.07, 6.45) is -3.80. The van der Waals surface area contributed by atoms with Gasteiger partial charge in [0.05, 0.1) is 0 Å². The lowest BCUT2D eigenvalue weighted by atomic mass is 10.1. The van der Waals surface area contributed by atoms with Gasteiger partial charge in [0.2, 0.25) is 5.91 Å². The number of nitrogens with one attached hydrogen (secondary N) is 1. The molecule has 8 heteroatoms. The van der Waals surface area contributed by atoms with Crippen LogP contribution in [0.1, 0.15) is 12.0 Å². The summed E-state index contributed by atoms with van der Waals surface area (Å²) in [6, 6.07) is 10.1. The number of benzene rings is 1. The number of alkyl halides is 3. The molecule has 0 aliphatic carbocycles. The Morgan fingerprint density at radius 3 is 2.14 bits per heavy atom. The van der Waals surface area contributed by atoms with E-state index in [-0.39, 0.29) is 5.91 Å². The highest BCUT2D eigenvalue weighted by atomic mass is 19.4. The Morgan fingerprint density at radius 2 is 1.71 bits per heavy atom. The Labute approximate surface area is 119 Å². The van der Waals surface area contributed by atoms with E-state index in [4.69, 9.17) is 15.6 Å². The van der Waals surface area contributed by atoms with Gasteiger partial charge in [-0.15, -0.1) is 0 Å². The highest BCUT2D eigenvalue weighted by molar-refractivity contribution is 5.76. The zero-order valence-electron chi connectivity index (χ0n) is 11.2. The van der Waals surface area contributed by atoms with Crippen LogP contribution in [0, 0.1) is 0 Å². The van der Waals surface area contributed by atoms with E-state index in [2.05, 4.69) is 17.4 Å². The van der Waals surface area contributed by atoms with Crippen LogP contribution in [0.15, 0.2) is 30.3 Å². The third kappa shape index (κ3) is 10.4. The Hall–Kier alpha value is -2.09. The number of carboxylic acid groups (broad SMARTS) is 1. The van der Waals surface area contributed by atoms with Crippen LogP contribution in [0.3, 0.4) is 0 Å². The second-order valence-corrected chi connectivity index (χ2v) is 3.93. The molecule has 1 aromatic carbocycles. The van der Waals surface area contributed by atoms with E-state index >= 15 is 0 Å².